The summed E-state index contributed by atoms with van der Waals surface area (Å²) in [6.45, 7) is -2.06. The van der Waals surface area contributed by atoms with Crippen molar-refractivity contribution in [1.82, 2.24) is 10.2 Å². The Morgan fingerprint density at radius 1 is 1.09 bits per heavy atom. The van der Waals surface area contributed by atoms with Gasteiger partial charge in [-0.1, -0.05) is 12.1 Å². The number of imide groups is 1. The molecule has 2 aromatic carbocycles. The predicted octanol–water partition coefficient (Wildman–Crippen LogP) is 2.71. The maximum atomic E-state index is 13.0. The highest BCUT2D eigenvalue weighted by Crippen LogP contribution is 2.31. The number of halogens is 2. The lowest BCUT2D eigenvalue weighted by atomic mass is 9.92. The number of anilines is 1. The zero-order valence-electron chi connectivity index (χ0n) is 17.5. The third-order valence-electron chi connectivity index (χ3n) is 4.92. The second-order valence-corrected chi connectivity index (χ2v) is 6.96. The second kappa shape index (κ2) is 9.08. The summed E-state index contributed by atoms with van der Waals surface area (Å²) < 4.78 is 39.3. The van der Waals surface area contributed by atoms with Crippen LogP contribution in [0, 0.1) is 0 Å². The molecule has 11 heteroatoms. The Morgan fingerprint density at radius 3 is 2.34 bits per heavy atom. The number of alkyl halides is 2. The van der Waals surface area contributed by atoms with Gasteiger partial charge in [0.05, 0.1) is 19.9 Å². The molecule has 32 heavy (non-hydrogen) atoms. The van der Waals surface area contributed by atoms with E-state index in [1.165, 1.54) is 45.4 Å². The van der Waals surface area contributed by atoms with E-state index in [4.69, 9.17) is 9.47 Å². The number of carbonyl (C=O) groups excluding carboxylic acids is 3. The Labute approximate surface area is 182 Å². The van der Waals surface area contributed by atoms with Crippen LogP contribution in [0.2, 0.25) is 0 Å². The molecule has 170 valence electrons. The molecular weight excluding hydrogens is 428 g/mol. The quantitative estimate of drug-likeness (QED) is 0.601. The van der Waals surface area contributed by atoms with Gasteiger partial charge in [-0.25, -0.2) is 4.79 Å². The number of urea groups is 1. The molecule has 1 aliphatic heterocycles. The minimum absolute atomic E-state index is 0.0891. The summed E-state index contributed by atoms with van der Waals surface area (Å²) in [7, 11) is 2.91. The smallest absolute Gasteiger partial charge is 0.387 e. The van der Waals surface area contributed by atoms with E-state index in [-0.39, 0.29) is 5.75 Å². The third-order valence-corrected chi connectivity index (χ3v) is 4.92. The molecule has 1 heterocycles. The summed E-state index contributed by atoms with van der Waals surface area (Å²) in [6, 6.07) is 9.29. The molecule has 3 rings (SSSR count). The van der Waals surface area contributed by atoms with Gasteiger partial charge in [-0.05, 0) is 36.8 Å². The first-order chi connectivity index (χ1) is 15.2. The number of methoxy groups -OCH3 is 2. The molecule has 0 spiro atoms. The van der Waals surface area contributed by atoms with Crippen LogP contribution in [0.15, 0.2) is 42.5 Å². The van der Waals surface area contributed by atoms with Crippen LogP contribution in [0.4, 0.5) is 19.3 Å². The Kier molecular flexibility index (Phi) is 6.47. The topological polar surface area (TPSA) is 106 Å². The Balaban J connectivity index is 1.72. The van der Waals surface area contributed by atoms with Gasteiger partial charge in [-0.2, -0.15) is 8.78 Å². The SMILES string of the molecule is COc1ccc(NC(=O)CN2C(=O)N[C@](C)(c3ccc(OC(F)F)cc3)C2=O)c(OC)c1. The summed E-state index contributed by atoms with van der Waals surface area (Å²) in [4.78, 5) is 38.7. The maximum Gasteiger partial charge on any atom is 0.387 e. The van der Waals surface area contributed by atoms with Crippen LogP contribution in [0.25, 0.3) is 0 Å². The predicted molar refractivity (Wildman–Crippen MR) is 109 cm³/mol. The average molecular weight is 449 g/mol. The molecule has 2 aromatic rings. The molecule has 1 atom stereocenters. The van der Waals surface area contributed by atoms with Gasteiger partial charge in [-0.15, -0.1) is 0 Å². The fourth-order valence-corrected chi connectivity index (χ4v) is 3.24. The van der Waals surface area contributed by atoms with Gasteiger partial charge in [0, 0.05) is 6.07 Å². The molecule has 4 amide bonds. The van der Waals surface area contributed by atoms with Gasteiger partial charge in [-0.3, -0.25) is 14.5 Å². The zero-order valence-corrected chi connectivity index (χ0v) is 17.5. The average Bonchev–Trinajstić information content (AvgIpc) is 2.97. The van der Waals surface area contributed by atoms with Crippen LogP contribution in [0.1, 0.15) is 12.5 Å². The number of hydrogen-bond acceptors (Lipinski definition) is 6. The van der Waals surface area contributed by atoms with Crippen LogP contribution < -0.4 is 24.8 Å². The zero-order chi connectivity index (χ0) is 23.5. The number of carbonyl (C=O) groups is 3. The van der Waals surface area contributed by atoms with Crippen molar-refractivity contribution in [2.75, 3.05) is 26.1 Å². The van der Waals surface area contributed by atoms with E-state index in [9.17, 15) is 23.2 Å². The van der Waals surface area contributed by atoms with Crippen LogP contribution >= 0.6 is 0 Å². The molecule has 1 aliphatic rings. The van der Waals surface area contributed by atoms with Gasteiger partial charge < -0.3 is 24.8 Å². The molecule has 0 radical (unpaired) electrons. The van der Waals surface area contributed by atoms with Gasteiger partial charge in [0.1, 0.15) is 29.3 Å². The van der Waals surface area contributed by atoms with Crippen molar-refractivity contribution in [3.8, 4) is 17.2 Å². The number of amides is 4. The highest BCUT2D eigenvalue weighted by Gasteiger charge is 2.49. The summed E-state index contributed by atoms with van der Waals surface area (Å²) in [5, 5.41) is 5.13. The van der Waals surface area contributed by atoms with E-state index in [0.29, 0.717) is 22.7 Å². The van der Waals surface area contributed by atoms with E-state index in [1.54, 1.807) is 18.2 Å². The molecule has 0 saturated carbocycles. The standard InChI is InChI=1S/C21H21F2N3O6/c1-21(12-4-6-13(7-5-12)32-19(22)23)18(28)26(20(29)25-21)11-17(27)24-15-9-8-14(30-2)10-16(15)31-3/h4-10,19H,11H2,1-3H3,(H,24,27)(H,25,29)/t21-/m1/s1. The lowest BCUT2D eigenvalue weighted by molar-refractivity contribution is -0.133. The van der Waals surface area contributed by atoms with E-state index in [0.717, 1.165) is 4.90 Å². The number of nitrogens with zero attached hydrogens (tertiary/aromatic N) is 1. The van der Waals surface area contributed by atoms with E-state index >= 15 is 0 Å². The monoisotopic (exact) mass is 449 g/mol. The van der Waals surface area contributed by atoms with Crippen LogP contribution in [0.5, 0.6) is 17.2 Å². The van der Waals surface area contributed by atoms with Crippen molar-refractivity contribution < 1.29 is 37.4 Å². The Hall–Kier alpha value is -3.89. The number of ether oxygens (including phenoxy) is 3. The van der Waals surface area contributed by atoms with Crippen molar-refractivity contribution in [3.05, 3.63) is 48.0 Å². The largest absolute Gasteiger partial charge is 0.497 e. The molecule has 9 nitrogen and oxygen atoms in total. The second-order valence-electron chi connectivity index (χ2n) is 6.96. The maximum absolute atomic E-state index is 13.0. The Bertz CT molecular complexity index is 1030. The molecule has 0 unspecified atom stereocenters. The van der Waals surface area contributed by atoms with Crippen LogP contribution in [-0.4, -0.2) is 50.1 Å². The van der Waals surface area contributed by atoms with Crippen molar-refractivity contribution in [2.24, 2.45) is 0 Å². The lowest BCUT2D eigenvalue weighted by Crippen LogP contribution is -2.42. The number of benzene rings is 2. The van der Waals surface area contributed by atoms with Gasteiger partial charge in [0.15, 0.2) is 0 Å². The van der Waals surface area contributed by atoms with Crippen LogP contribution in [-0.2, 0) is 15.1 Å². The fourth-order valence-electron chi connectivity index (χ4n) is 3.24. The fraction of sp³-hybridized carbons (Fsp3) is 0.286. The van der Waals surface area contributed by atoms with E-state index in [1.807, 2.05) is 0 Å². The van der Waals surface area contributed by atoms with Crippen LogP contribution in [0.3, 0.4) is 0 Å². The van der Waals surface area contributed by atoms with E-state index in [2.05, 4.69) is 15.4 Å². The molecule has 1 fully saturated rings. The Morgan fingerprint density at radius 2 is 1.75 bits per heavy atom. The van der Waals surface area contributed by atoms with E-state index < -0.39 is 36.5 Å². The van der Waals surface area contributed by atoms with Crippen molar-refractivity contribution in [2.45, 2.75) is 19.1 Å². The van der Waals surface area contributed by atoms with Gasteiger partial charge >= 0.3 is 12.6 Å². The van der Waals surface area contributed by atoms with Gasteiger partial charge in [0.25, 0.3) is 5.91 Å². The van der Waals surface area contributed by atoms with Crippen molar-refractivity contribution in [1.29, 1.82) is 0 Å². The highest BCUT2D eigenvalue weighted by molar-refractivity contribution is 6.10. The number of rotatable bonds is 8. The molecule has 1 saturated heterocycles. The van der Waals surface area contributed by atoms with Crippen molar-refractivity contribution in [3.63, 3.8) is 0 Å². The minimum atomic E-state index is -2.98. The summed E-state index contributed by atoms with van der Waals surface area (Å²) in [6.07, 6.45) is 0. The summed E-state index contributed by atoms with van der Waals surface area (Å²) in [5.41, 5.74) is -0.793. The summed E-state index contributed by atoms with van der Waals surface area (Å²) >= 11 is 0. The molecule has 2 N–H and O–H groups in total. The van der Waals surface area contributed by atoms with Gasteiger partial charge in [0.2, 0.25) is 5.91 Å². The molecule has 0 bridgehead atoms. The first kappa shape index (κ1) is 22.8. The molecular formula is C21H21F2N3O6. The molecule has 0 aliphatic carbocycles. The number of hydrogen-bond donors (Lipinski definition) is 2. The van der Waals surface area contributed by atoms with Crippen molar-refractivity contribution >= 4 is 23.5 Å². The first-order valence-electron chi connectivity index (χ1n) is 9.39. The lowest BCUT2D eigenvalue weighted by Gasteiger charge is -2.22. The first-order valence-corrected chi connectivity index (χ1v) is 9.39. The minimum Gasteiger partial charge on any atom is -0.497 e. The molecule has 0 aromatic heterocycles. The highest BCUT2D eigenvalue weighted by atomic mass is 19.3. The number of nitrogens with one attached hydrogen (secondary N) is 2. The normalized spacial score (nSPS) is 17.9. The third kappa shape index (κ3) is 4.56. The summed E-state index contributed by atoms with van der Waals surface area (Å²) in [5.74, 6) is -0.516.